The lowest BCUT2D eigenvalue weighted by Gasteiger charge is -2.03. The number of aryl methyl sites for hydroxylation is 1. The highest BCUT2D eigenvalue weighted by molar-refractivity contribution is 9.10. The van der Waals surface area contributed by atoms with Crippen molar-refractivity contribution in [1.82, 2.24) is 4.98 Å². The summed E-state index contributed by atoms with van der Waals surface area (Å²) in [5, 5.41) is 7.06. The van der Waals surface area contributed by atoms with Gasteiger partial charge < -0.3 is 11.1 Å². The van der Waals surface area contributed by atoms with Gasteiger partial charge in [-0.25, -0.2) is 0 Å². The third-order valence-electron chi connectivity index (χ3n) is 1.41. The molecule has 3 nitrogen and oxygen atoms in total. The van der Waals surface area contributed by atoms with E-state index in [1.54, 1.807) is 6.20 Å². The fraction of sp³-hybridized carbons (Fsp3) is 0.143. The van der Waals surface area contributed by atoms with Crippen LogP contribution in [0.4, 0.5) is 5.69 Å². The summed E-state index contributed by atoms with van der Waals surface area (Å²) in [6.45, 7) is 1.86. The number of nitrogens with two attached hydrogens (primary N) is 1. The zero-order chi connectivity index (χ0) is 8.43. The fourth-order valence-corrected chi connectivity index (χ4v) is 1.21. The minimum Gasteiger partial charge on any atom is -0.397 e. The molecule has 0 unspecified atom stereocenters. The molecule has 0 aliphatic rings. The minimum absolute atomic E-state index is 0.525. The first-order chi connectivity index (χ1) is 5.16. The van der Waals surface area contributed by atoms with Crippen LogP contribution in [0.3, 0.4) is 0 Å². The molecule has 3 N–H and O–H groups in total. The molecule has 0 aliphatic carbocycles. The fourth-order valence-electron chi connectivity index (χ4n) is 0.761. The summed E-state index contributed by atoms with van der Waals surface area (Å²) in [7, 11) is 0. The molecule has 4 heteroatoms. The van der Waals surface area contributed by atoms with Crippen LogP contribution in [0.2, 0.25) is 0 Å². The Labute approximate surface area is 73.3 Å². The summed E-state index contributed by atoms with van der Waals surface area (Å²) in [5.74, 6) is 0. The van der Waals surface area contributed by atoms with E-state index < -0.39 is 0 Å². The zero-order valence-electron chi connectivity index (χ0n) is 6.06. The van der Waals surface area contributed by atoms with Gasteiger partial charge in [0, 0.05) is 16.3 Å². The van der Waals surface area contributed by atoms with Crippen LogP contribution in [0, 0.1) is 12.3 Å². The van der Waals surface area contributed by atoms with Crippen LogP contribution in [-0.2, 0) is 0 Å². The predicted molar refractivity (Wildman–Crippen MR) is 49.0 cm³/mol. The molecule has 58 valence electrons. The van der Waals surface area contributed by atoms with Gasteiger partial charge in [0.2, 0.25) is 0 Å². The Balaban J connectivity index is 3.40. The number of hydrogen-bond donors (Lipinski definition) is 2. The van der Waals surface area contributed by atoms with Crippen molar-refractivity contribution in [2.24, 2.45) is 0 Å². The molecular weight excluding hydrogens is 206 g/mol. The highest BCUT2D eigenvalue weighted by Crippen LogP contribution is 2.22. The summed E-state index contributed by atoms with van der Waals surface area (Å²) >= 11 is 3.30. The van der Waals surface area contributed by atoms with E-state index in [1.807, 2.05) is 6.92 Å². The number of anilines is 1. The summed E-state index contributed by atoms with van der Waals surface area (Å²) < 4.78 is 0.799. The molecule has 1 rings (SSSR count). The van der Waals surface area contributed by atoms with Gasteiger partial charge in [0.15, 0.2) is 0 Å². The molecule has 1 aromatic heterocycles. The van der Waals surface area contributed by atoms with E-state index >= 15 is 0 Å². The highest BCUT2D eigenvalue weighted by atomic mass is 79.9. The number of hydrogen-bond acceptors (Lipinski definition) is 3. The SMILES string of the molecule is Cc1ncc(N)c(C=N)c1Br. The van der Waals surface area contributed by atoms with Gasteiger partial charge in [0.1, 0.15) is 0 Å². The minimum atomic E-state index is 0.525. The number of nitrogens with zero attached hydrogens (tertiary/aromatic N) is 1. The standard InChI is InChI=1S/C7H8BrN3/c1-4-7(8)5(2-9)6(10)3-11-4/h2-3,9H,10H2,1H3. The van der Waals surface area contributed by atoms with Crippen molar-refractivity contribution in [3.63, 3.8) is 0 Å². The number of pyridine rings is 1. The molecule has 0 aromatic carbocycles. The maximum absolute atomic E-state index is 7.06. The summed E-state index contributed by atoms with van der Waals surface area (Å²) in [6, 6.07) is 0. The highest BCUT2D eigenvalue weighted by Gasteiger charge is 2.04. The van der Waals surface area contributed by atoms with Gasteiger partial charge in [-0.05, 0) is 22.9 Å². The van der Waals surface area contributed by atoms with E-state index in [0.717, 1.165) is 10.2 Å². The second-order valence-corrected chi connectivity index (χ2v) is 2.96. The molecule has 0 saturated heterocycles. The van der Waals surface area contributed by atoms with E-state index in [2.05, 4.69) is 20.9 Å². The smallest absolute Gasteiger partial charge is 0.0601 e. The Bertz CT molecular complexity index is 296. The Hall–Kier alpha value is -0.900. The van der Waals surface area contributed by atoms with Crippen LogP contribution in [0.25, 0.3) is 0 Å². The average Bonchev–Trinajstić information content (AvgIpc) is 1.99. The third-order valence-corrected chi connectivity index (χ3v) is 2.41. The number of aromatic nitrogens is 1. The van der Waals surface area contributed by atoms with Crippen LogP contribution < -0.4 is 5.73 Å². The van der Waals surface area contributed by atoms with Crippen molar-refractivity contribution in [2.75, 3.05) is 5.73 Å². The van der Waals surface area contributed by atoms with Gasteiger partial charge in [0.25, 0.3) is 0 Å². The lowest BCUT2D eigenvalue weighted by atomic mass is 10.2. The van der Waals surface area contributed by atoms with Crippen LogP contribution in [0.5, 0.6) is 0 Å². The number of nitrogen functional groups attached to an aromatic ring is 1. The van der Waals surface area contributed by atoms with E-state index in [1.165, 1.54) is 6.21 Å². The Morgan fingerprint density at radius 2 is 2.36 bits per heavy atom. The second kappa shape index (κ2) is 3.00. The monoisotopic (exact) mass is 213 g/mol. The molecule has 11 heavy (non-hydrogen) atoms. The van der Waals surface area contributed by atoms with Gasteiger partial charge in [-0.15, -0.1) is 0 Å². The van der Waals surface area contributed by atoms with Crippen LogP contribution >= 0.6 is 15.9 Å². The molecule has 0 amide bonds. The quantitative estimate of drug-likeness (QED) is 0.699. The van der Waals surface area contributed by atoms with Crippen molar-refractivity contribution < 1.29 is 0 Å². The maximum atomic E-state index is 7.06. The van der Waals surface area contributed by atoms with Crippen molar-refractivity contribution in [2.45, 2.75) is 6.92 Å². The number of halogens is 1. The van der Waals surface area contributed by atoms with Gasteiger partial charge in [-0.2, -0.15) is 0 Å². The first-order valence-electron chi connectivity index (χ1n) is 3.08. The van der Waals surface area contributed by atoms with Crippen molar-refractivity contribution in [3.05, 3.63) is 21.9 Å². The average molecular weight is 214 g/mol. The topological polar surface area (TPSA) is 62.8 Å². The molecule has 0 spiro atoms. The Morgan fingerprint density at radius 3 is 2.82 bits per heavy atom. The number of nitrogens with one attached hydrogen (secondary N) is 1. The summed E-state index contributed by atoms with van der Waals surface area (Å²) in [6.07, 6.45) is 2.77. The normalized spacial score (nSPS) is 9.64. The largest absolute Gasteiger partial charge is 0.397 e. The molecule has 0 aliphatic heterocycles. The molecule has 0 saturated carbocycles. The Morgan fingerprint density at radius 1 is 1.73 bits per heavy atom. The molecule has 1 heterocycles. The predicted octanol–water partition coefficient (Wildman–Crippen LogP) is 1.73. The van der Waals surface area contributed by atoms with E-state index in [0.29, 0.717) is 11.3 Å². The first kappa shape index (κ1) is 8.20. The van der Waals surface area contributed by atoms with E-state index in [9.17, 15) is 0 Å². The molecular formula is C7H8BrN3. The van der Waals surface area contributed by atoms with Crippen LogP contribution in [-0.4, -0.2) is 11.2 Å². The van der Waals surface area contributed by atoms with Crippen molar-refractivity contribution >= 4 is 27.8 Å². The van der Waals surface area contributed by atoms with Crippen molar-refractivity contribution in [3.8, 4) is 0 Å². The Kier molecular flexibility index (Phi) is 2.24. The molecule has 1 aromatic rings. The van der Waals surface area contributed by atoms with Gasteiger partial charge in [0.05, 0.1) is 17.6 Å². The first-order valence-corrected chi connectivity index (χ1v) is 3.87. The van der Waals surface area contributed by atoms with Gasteiger partial charge in [-0.3, -0.25) is 4.98 Å². The summed E-state index contributed by atoms with van der Waals surface area (Å²) in [4.78, 5) is 4.01. The maximum Gasteiger partial charge on any atom is 0.0601 e. The van der Waals surface area contributed by atoms with E-state index in [4.69, 9.17) is 11.1 Å². The summed E-state index contributed by atoms with van der Waals surface area (Å²) in [5.41, 5.74) is 7.62. The lowest BCUT2D eigenvalue weighted by Crippen LogP contribution is -1.97. The van der Waals surface area contributed by atoms with Crippen molar-refractivity contribution in [1.29, 1.82) is 5.41 Å². The zero-order valence-corrected chi connectivity index (χ0v) is 7.64. The van der Waals surface area contributed by atoms with E-state index in [-0.39, 0.29) is 0 Å². The third kappa shape index (κ3) is 1.40. The van der Waals surface area contributed by atoms with Gasteiger partial charge in [-0.1, -0.05) is 0 Å². The number of rotatable bonds is 1. The molecule has 0 radical (unpaired) electrons. The second-order valence-electron chi connectivity index (χ2n) is 2.17. The van der Waals surface area contributed by atoms with Crippen LogP contribution in [0.1, 0.15) is 11.3 Å². The van der Waals surface area contributed by atoms with Crippen LogP contribution in [0.15, 0.2) is 10.7 Å². The molecule has 0 bridgehead atoms. The molecule has 0 fully saturated rings. The lowest BCUT2D eigenvalue weighted by molar-refractivity contribution is 1.18. The van der Waals surface area contributed by atoms with Gasteiger partial charge >= 0.3 is 0 Å². The molecule has 0 atom stereocenters.